The molecule has 1 aromatic rings. The van der Waals surface area contributed by atoms with Crippen LogP contribution >= 0.6 is 0 Å². The fourth-order valence-electron chi connectivity index (χ4n) is 1.83. The van der Waals surface area contributed by atoms with Crippen LogP contribution in [-0.4, -0.2) is 6.04 Å². The van der Waals surface area contributed by atoms with Crippen LogP contribution in [0.15, 0.2) is 18.2 Å². The Morgan fingerprint density at radius 2 is 1.20 bits per heavy atom. The zero-order valence-electron chi connectivity index (χ0n) is 11.2. The van der Waals surface area contributed by atoms with Gasteiger partial charge in [-0.05, 0) is 30.7 Å². The molecule has 0 saturated carbocycles. The first-order chi connectivity index (χ1) is 8.91. The zero-order valence-corrected chi connectivity index (χ0v) is 11.2. The molecule has 0 heterocycles. The molecule has 0 bridgehead atoms. The summed E-state index contributed by atoms with van der Waals surface area (Å²) in [6, 6.07) is 0.947. The molecule has 0 spiro atoms. The molecule has 1 N–H and O–H groups in total. The minimum Gasteiger partial charge on any atom is -0.308 e. The van der Waals surface area contributed by atoms with Gasteiger partial charge in [0.15, 0.2) is 0 Å². The number of benzene rings is 1. The van der Waals surface area contributed by atoms with Crippen molar-refractivity contribution in [1.29, 1.82) is 0 Å². The average Bonchev–Trinajstić information content (AvgIpc) is 2.25. The van der Waals surface area contributed by atoms with Gasteiger partial charge in [0, 0.05) is 12.1 Å². The molecular weight excluding hydrogens is 284 g/mol. The second-order valence-electron chi connectivity index (χ2n) is 4.88. The van der Waals surface area contributed by atoms with Gasteiger partial charge < -0.3 is 5.32 Å². The van der Waals surface area contributed by atoms with Crippen LogP contribution < -0.4 is 5.32 Å². The Morgan fingerprint density at radius 3 is 1.50 bits per heavy atom. The predicted molar refractivity (Wildman–Crippen MR) is 63.1 cm³/mol. The summed E-state index contributed by atoms with van der Waals surface area (Å²) in [5.41, 5.74) is -2.62. The van der Waals surface area contributed by atoms with Crippen LogP contribution in [0, 0.1) is 0 Å². The maximum Gasteiger partial charge on any atom is 0.416 e. The van der Waals surface area contributed by atoms with Crippen molar-refractivity contribution < 1.29 is 26.3 Å². The van der Waals surface area contributed by atoms with E-state index in [-0.39, 0.29) is 17.7 Å². The molecule has 1 unspecified atom stereocenters. The lowest BCUT2D eigenvalue weighted by Gasteiger charge is -2.20. The second-order valence-corrected chi connectivity index (χ2v) is 4.88. The largest absolute Gasteiger partial charge is 0.416 e. The van der Waals surface area contributed by atoms with Crippen LogP contribution in [0.5, 0.6) is 0 Å². The molecule has 20 heavy (non-hydrogen) atoms. The van der Waals surface area contributed by atoms with Crippen molar-refractivity contribution in [3.63, 3.8) is 0 Å². The van der Waals surface area contributed by atoms with E-state index in [4.69, 9.17) is 0 Å². The van der Waals surface area contributed by atoms with E-state index in [9.17, 15) is 26.3 Å². The predicted octanol–water partition coefficient (Wildman–Crippen LogP) is 4.78. The van der Waals surface area contributed by atoms with Crippen LogP contribution in [-0.2, 0) is 12.4 Å². The normalized spacial score (nSPS) is 14.7. The van der Waals surface area contributed by atoms with E-state index >= 15 is 0 Å². The molecular formula is C13H15F6N. The van der Waals surface area contributed by atoms with Gasteiger partial charge in [-0.3, -0.25) is 0 Å². The highest BCUT2D eigenvalue weighted by Gasteiger charge is 2.37. The van der Waals surface area contributed by atoms with Gasteiger partial charge in [-0.1, -0.05) is 13.8 Å². The van der Waals surface area contributed by atoms with Gasteiger partial charge in [0.2, 0.25) is 0 Å². The van der Waals surface area contributed by atoms with E-state index in [2.05, 4.69) is 5.32 Å². The first-order valence-corrected chi connectivity index (χ1v) is 5.96. The first kappa shape index (κ1) is 16.8. The maximum absolute atomic E-state index is 12.7. The minimum absolute atomic E-state index is 0.0409. The van der Waals surface area contributed by atoms with Crippen LogP contribution in [0.1, 0.15) is 43.5 Å². The molecule has 0 aliphatic rings. The molecule has 0 aliphatic heterocycles. The van der Waals surface area contributed by atoms with E-state index in [1.807, 2.05) is 0 Å². The molecule has 0 saturated heterocycles. The lowest BCUT2D eigenvalue weighted by Crippen LogP contribution is -2.26. The van der Waals surface area contributed by atoms with Crippen LogP contribution in [0.4, 0.5) is 26.3 Å². The van der Waals surface area contributed by atoms with E-state index in [1.54, 1.807) is 13.8 Å². The Balaban J connectivity index is 3.31. The van der Waals surface area contributed by atoms with Crippen molar-refractivity contribution in [2.75, 3.05) is 0 Å². The number of nitrogens with one attached hydrogen (secondary N) is 1. The molecule has 0 aliphatic carbocycles. The van der Waals surface area contributed by atoms with Crippen molar-refractivity contribution in [1.82, 2.24) is 5.32 Å². The van der Waals surface area contributed by atoms with Gasteiger partial charge in [0.25, 0.3) is 0 Å². The summed E-state index contributed by atoms with van der Waals surface area (Å²) in [5, 5.41) is 2.88. The fraction of sp³-hybridized carbons (Fsp3) is 0.538. The molecule has 0 fully saturated rings. The second kappa shape index (κ2) is 5.63. The summed E-state index contributed by atoms with van der Waals surface area (Å²) in [4.78, 5) is 0. The number of rotatable bonds is 3. The van der Waals surface area contributed by atoms with Gasteiger partial charge >= 0.3 is 12.4 Å². The van der Waals surface area contributed by atoms with Gasteiger partial charge in [-0.25, -0.2) is 0 Å². The minimum atomic E-state index is -4.81. The van der Waals surface area contributed by atoms with Crippen molar-refractivity contribution in [2.24, 2.45) is 0 Å². The van der Waals surface area contributed by atoms with Crippen LogP contribution in [0.2, 0.25) is 0 Å². The monoisotopic (exact) mass is 299 g/mol. The molecule has 114 valence electrons. The quantitative estimate of drug-likeness (QED) is 0.792. The van der Waals surface area contributed by atoms with E-state index in [0.717, 1.165) is 12.1 Å². The molecule has 1 nitrogen and oxygen atoms in total. The van der Waals surface area contributed by atoms with Crippen molar-refractivity contribution in [3.8, 4) is 0 Å². The van der Waals surface area contributed by atoms with E-state index in [0.29, 0.717) is 0 Å². The third kappa shape index (κ3) is 4.40. The molecule has 0 radical (unpaired) electrons. The molecule has 7 heteroatoms. The molecule has 0 aromatic heterocycles. The zero-order chi connectivity index (χ0) is 15.7. The summed E-state index contributed by atoms with van der Waals surface area (Å²) in [7, 11) is 0. The average molecular weight is 299 g/mol. The Morgan fingerprint density at radius 1 is 0.800 bits per heavy atom. The summed E-state index contributed by atoms with van der Waals surface area (Å²) >= 11 is 0. The Bertz CT molecular complexity index is 429. The van der Waals surface area contributed by atoms with Crippen molar-refractivity contribution in [2.45, 2.75) is 45.2 Å². The van der Waals surface area contributed by atoms with Gasteiger partial charge in [-0.15, -0.1) is 0 Å². The van der Waals surface area contributed by atoms with E-state index < -0.39 is 29.5 Å². The van der Waals surface area contributed by atoms with E-state index in [1.165, 1.54) is 6.92 Å². The summed E-state index contributed by atoms with van der Waals surface area (Å²) in [6.45, 7) is 5.04. The third-order valence-corrected chi connectivity index (χ3v) is 2.69. The van der Waals surface area contributed by atoms with Crippen LogP contribution in [0.25, 0.3) is 0 Å². The maximum atomic E-state index is 12.7. The fourth-order valence-corrected chi connectivity index (χ4v) is 1.83. The smallest absolute Gasteiger partial charge is 0.308 e. The van der Waals surface area contributed by atoms with Gasteiger partial charge in [0.1, 0.15) is 0 Å². The summed E-state index contributed by atoms with van der Waals surface area (Å²) < 4.78 is 76.0. The molecule has 1 aromatic carbocycles. The standard InChI is InChI=1S/C13H15F6N/c1-7(2)20-8(3)9-4-10(12(14,15)16)6-11(5-9)13(17,18)19/h4-8,20H,1-3H3. The number of hydrogen-bond donors (Lipinski definition) is 1. The van der Waals surface area contributed by atoms with Gasteiger partial charge in [0.05, 0.1) is 11.1 Å². The Hall–Kier alpha value is -1.24. The number of halogens is 6. The third-order valence-electron chi connectivity index (χ3n) is 2.69. The Labute approximate surface area is 113 Å². The van der Waals surface area contributed by atoms with Crippen molar-refractivity contribution >= 4 is 0 Å². The highest BCUT2D eigenvalue weighted by Crippen LogP contribution is 2.37. The summed E-state index contributed by atoms with van der Waals surface area (Å²) in [5.74, 6) is 0. The molecule has 1 rings (SSSR count). The van der Waals surface area contributed by atoms with Crippen molar-refractivity contribution in [3.05, 3.63) is 34.9 Å². The lowest BCUT2D eigenvalue weighted by atomic mass is 10.00. The number of alkyl halides is 6. The topological polar surface area (TPSA) is 12.0 Å². The lowest BCUT2D eigenvalue weighted by molar-refractivity contribution is -0.143. The van der Waals surface area contributed by atoms with Crippen LogP contribution in [0.3, 0.4) is 0 Å². The number of hydrogen-bond acceptors (Lipinski definition) is 1. The molecule has 1 atom stereocenters. The van der Waals surface area contributed by atoms with Gasteiger partial charge in [-0.2, -0.15) is 26.3 Å². The first-order valence-electron chi connectivity index (χ1n) is 5.96. The summed E-state index contributed by atoms with van der Waals surface area (Å²) in [6.07, 6.45) is -9.62. The molecule has 0 amide bonds. The highest BCUT2D eigenvalue weighted by atomic mass is 19.4. The Kier molecular flexibility index (Phi) is 4.74. The SMILES string of the molecule is CC(C)NC(C)c1cc(C(F)(F)F)cc(C(F)(F)F)c1. The highest BCUT2D eigenvalue weighted by molar-refractivity contribution is 5.35.